The topological polar surface area (TPSA) is 72.2 Å². The van der Waals surface area contributed by atoms with Crippen molar-refractivity contribution in [2.24, 2.45) is 5.73 Å². The van der Waals surface area contributed by atoms with Gasteiger partial charge < -0.3 is 11.1 Å². The predicted molar refractivity (Wildman–Crippen MR) is 67.1 cm³/mol. The lowest BCUT2D eigenvalue weighted by Gasteiger charge is -2.37. The lowest BCUT2D eigenvalue weighted by atomic mass is 9.92. The Kier molecular flexibility index (Phi) is 4.95. The first-order valence-corrected chi connectivity index (χ1v) is 7.62. The van der Waals surface area contributed by atoms with Gasteiger partial charge in [0.15, 0.2) is 0 Å². The standard InChI is InChI=1S/C11H22N2O2S/c1-2-3-4-7-13-11(10-12)5-8-16(14,15)9-6-11/h2-3,13H,4-10,12H2,1H3/b3-2+. The van der Waals surface area contributed by atoms with E-state index in [1.165, 1.54) is 0 Å². The van der Waals surface area contributed by atoms with Gasteiger partial charge in [-0.25, -0.2) is 8.42 Å². The summed E-state index contributed by atoms with van der Waals surface area (Å²) in [5.41, 5.74) is 5.61. The Bertz CT molecular complexity index is 322. The number of hydrogen-bond acceptors (Lipinski definition) is 4. The first-order valence-electron chi connectivity index (χ1n) is 5.80. The van der Waals surface area contributed by atoms with E-state index in [0.717, 1.165) is 13.0 Å². The lowest BCUT2D eigenvalue weighted by Crippen LogP contribution is -2.55. The number of rotatable bonds is 5. The van der Waals surface area contributed by atoms with Crippen LogP contribution in [0, 0.1) is 0 Å². The van der Waals surface area contributed by atoms with Crippen LogP contribution in [0.3, 0.4) is 0 Å². The molecule has 1 aliphatic heterocycles. The van der Waals surface area contributed by atoms with Crippen LogP contribution in [0.2, 0.25) is 0 Å². The molecule has 0 aromatic heterocycles. The van der Waals surface area contributed by atoms with Gasteiger partial charge in [-0.05, 0) is 32.7 Å². The molecule has 0 radical (unpaired) electrons. The van der Waals surface area contributed by atoms with Crippen molar-refractivity contribution >= 4 is 9.84 Å². The minimum absolute atomic E-state index is 0.160. The molecule has 5 heteroatoms. The summed E-state index contributed by atoms with van der Waals surface area (Å²) in [7, 11) is -2.81. The van der Waals surface area contributed by atoms with Crippen molar-refractivity contribution < 1.29 is 8.42 Å². The average Bonchev–Trinajstić information content (AvgIpc) is 2.27. The Balaban J connectivity index is 2.46. The highest BCUT2D eigenvalue weighted by Crippen LogP contribution is 2.22. The predicted octanol–water partition coefficient (Wildman–Crippen LogP) is 0.448. The second-order valence-electron chi connectivity index (χ2n) is 4.42. The smallest absolute Gasteiger partial charge is 0.150 e. The molecule has 16 heavy (non-hydrogen) atoms. The molecule has 1 aliphatic rings. The average molecular weight is 246 g/mol. The summed E-state index contributed by atoms with van der Waals surface area (Å²) in [4.78, 5) is 0. The molecule has 0 aromatic rings. The molecule has 3 N–H and O–H groups in total. The number of sulfone groups is 1. The minimum Gasteiger partial charge on any atom is -0.329 e. The van der Waals surface area contributed by atoms with Gasteiger partial charge >= 0.3 is 0 Å². The second kappa shape index (κ2) is 5.80. The first kappa shape index (κ1) is 13.7. The quantitative estimate of drug-likeness (QED) is 0.546. The van der Waals surface area contributed by atoms with E-state index >= 15 is 0 Å². The number of nitrogens with two attached hydrogens (primary N) is 1. The van der Waals surface area contributed by atoms with Crippen molar-refractivity contribution in [1.29, 1.82) is 0 Å². The molecular weight excluding hydrogens is 224 g/mol. The normalized spacial score (nSPS) is 23.6. The lowest BCUT2D eigenvalue weighted by molar-refractivity contribution is 0.305. The van der Waals surface area contributed by atoms with Crippen LogP contribution >= 0.6 is 0 Å². The fourth-order valence-corrected chi connectivity index (χ4v) is 3.58. The van der Waals surface area contributed by atoms with Crippen LogP contribution in [0.1, 0.15) is 26.2 Å². The molecule has 0 aliphatic carbocycles. The van der Waals surface area contributed by atoms with E-state index in [1.807, 2.05) is 13.0 Å². The highest BCUT2D eigenvalue weighted by Gasteiger charge is 2.35. The highest BCUT2D eigenvalue weighted by molar-refractivity contribution is 7.91. The van der Waals surface area contributed by atoms with Crippen molar-refractivity contribution in [3.05, 3.63) is 12.2 Å². The Morgan fingerprint density at radius 1 is 1.38 bits per heavy atom. The summed E-state index contributed by atoms with van der Waals surface area (Å²) in [6.45, 7) is 3.37. The van der Waals surface area contributed by atoms with Crippen LogP contribution in [0.25, 0.3) is 0 Å². The summed E-state index contributed by atoms with van der Waals surface area (Å²) in [5.74, 6) is 0.529. The van der Waals surface area contributed by atoms with E-state index in [1.54, 1.807) is 0 Å². The van der Waals surface area contributed by atoms with Gasteiger partial charge in [0, 0.05) is 12.1 Å². The number of allylic oxidation sites excluding steroid dienone is 1. The molecule has 0 unspecified atom stereocenters. The van der Waals surface area contributed by atoms with Crippen LogP contribution in [0.15, 0.2) is 12.2 Å². The van der Waals surface area contributed by atoms with E-state index in [0.29, 0.717) is 19.4 Å². The third-order valence-corrected chi connectivity index (χ3v) is 4.87. The Morgan fingerprint density at radius 2 is 2.00 bits per heavy atom. The molecule has 0 amide bonds. The van der Waals surface area contributed by atoms with Gasteiger partial charge in [0.05, 0.1) is 11.5 Å². The SMILES string of the molecule is C/C=C/CCNC1(CN)CCS(=O)(=O)CC1. The number of hydrogen-bond donors (Lipinski definition) is 2. The molecule has 0 atom stereocenters. The summed E-state index contributed by atoms with van der Waals surface area (Å²) >= 11 is 0. The maximum Gasteiger partial charge on any atom is 0.150 e. The first-order chi connectivity index (χ1) is 7.54. The molecule has 0 bridgehead atoms. The van der Waals surface area contributed by atoms with E-state index in [9.17, 15) is 8.42 Å². The van der Waals surface area contributed by atoms with Gasteiger partial charge in [-0.2, -0.15) is 0 Å². The summed E-state index contributed by atoms with van der Waals surface area (Å²) in [6.07, 6.45) is 6.35. The molecule has 0 saturated carbocycles. The van der Waals surface area contributed by atoms with Gasteiger partial charge in [0.1, 0.15) is 9.84 Å². The van der Waals surface area contributed by atoms with Crippen LogP contribution in [0.5, 0.6) is 0 Å². The zero-order valence-electron chi connectivity index (χ0n) is 9.91. The fraction of sp³-hybridized carbons (Fsp3) is 0.818. The van der Waals surface area contributed by atoms with E-state index in [4.69, 9.17) is 5.73 Å². The molecule has 1 fully saturated rings. The zero-order chi connectivity index (χ0) is 12.1. The molecule has 1 saturated heterocycles. The molecule has 0 aromatic carbocycles. The van der Waals surface area contributed by atoms with Crippen molar-refractivity contribution in [1.82, 2.24) is 5.32 Å². The van der Waals surface area contributed by atoms with E-state index < -0.39 is 9.84 Å². The largest absolute Gasteiger partial charge is 0.329 e. The molecule has 1 rings (SSSR count). The Labute approximate surface area is 98.2 Å². The minimum atomic E-state index is -2.81. The van der Waals surface area contributed by atoms with Crippen molar-refractivity contribution in [2.75, 3.05) is 24.6 Å². The van der Waals surface area contributed by atoms with Gasteiger partial charge in [-0.15, -0.1) is 0 Å². The van der Waals surface area contributed by atoms with Gasteiger partial charge in [0.25, 0.3) is 0 Å². The van der Waals surface area contributed by atoms with Crippen molar-refractivity contribution in [3.63, 3.8) is 0 Å². The third-order valence-electron chi connectivity index (χ3n) is 3.22. The van der Waals surface area contributed by atoms with Crippen molar-refractivity contribution in [3.8, 4) is 0 Å². The second-order valence-corrected chi connectivity index (χ2v) is 6.72. The monoisotopic (exact) mass is 246 g/mol. The van der Waals surface area contributed by atoms with Crippen LogP contribution in [0.4, 0.5) is 0 Å². The van der Waals surface area contributed by atoms with Gasteiger partial charge in [-0.1, -0.05) is 12.2 Å². The maximum atomic E-state index is 11.4. The van der Waals surface area contributed by atoms with Gasteiger partial charge in [0.2, 0.25) is 0 Å². The van der Waals surface area contributed by atoms with Crippen molar-refractivity contribution in [2.45, 2.75) is 31.7 Å². The summed E-state index contributed by atoms with van der Waals surface area (Å²) in [6, 6.07) is 0. The van der Waals surface area contributed by atoms with E-state index in [2.05, 4.69) is 11.4 Å². The van der Waals surface area contributed by atoms with Crippen LogP contribution in [-0.4, -0.2) is 38.6 Å². The Hall–Kier alpha value is -0.390. The Morgan fingerprint density at radius 3 is 2.50 bits per heavy atom. The molecule has 1 heterocycles. The molecule has 4 nitrogen and oxygen atoms in total. The fourth-order valence-electron chi connectivity index (χ4n) is 1.97. The van der Waals surface area contributed by atoms with Gasteiger partial charge in [-0.3, -0.25) is 0 Å². The zero-order valence-corrected chi connectivity index (χ0v) is 10.7. The third kappa shape index (κ3) is 3.88. The highest BCUT2D eigenvalue weighted by atomic mass is 32.2. The van der Waals surface area contributed by atoms with E-state index in [-0.39, 0.29) is 17.0 Å². The molecule has 94 valence electrons. The van der Waals surface area contributed by atoms with Crippen LogP contribution < -0.4 is 11.1 Å². The molecule has 0 spiro atoms. The summed E-state index contributed by atoms with van der Waals surface area (Å²) in [5, 5.41) is 3.42. The molecular formula is C11H22N2O2S. The number of nitrogens with one attached hydrogen (secondary N) is 1. The summed E-state index contributed by atoms with van der Waals surface area (Å²) < 4.78 is 22.7. The van der Waals surface area contributed by atoms with Crippen LogP contribution in [-0.2, 0) is 9.84 Å². The maximum absolute atomic E-state index is 11.4.